The molecule has 1 aliphatic heterocycles. The summed E-state index contributed by atoms with van der Waals surface area (Å²) >= 11 is 3.72. The first-order chi connectivity index (χ1) is 15.9. The summed E-state index contributed by atoms with van der Waals surface area (Å²) in [5.74, 6) is 0. The molecule has 0 spiro atoms. The van der Waals surface area contributed by atoms with E-state index in [0.29, 0.717) is 0 Å². The van der Waals surface area contributed by atoms with E-state index in [2.05, 4.69) is 97.1 Å². The van der Waals surface area contributed by atoms with Crippen LogP contribution in [0.2, 0.25) is 0 Å². The largest absolute Gasteiger partial charge is 0.0877 e. The summed E-state index contributed by atoms with van der Waals surface area (Å²) in [6.07, 6.45) is 5.22. The van der Waals surface area contributed by atoms with Gasteiger partial charge >= 0.3 is 0 Å². The Labute approximate surface area is 198 Å². The van der Waals surface area contributed by atoms with E-state index in [1.165, 1.54) is 66.8 Å². The molecule has 0 aromatic heterocycles. The summed E-state index contributed by atoms with van der Waals surface area (Å²) in [5.41, 5.74) is 3.17. The van der Waals surface area contributed by atoms with Gasteiger partial charge in [0.05, 0.1) is 0 Å². The summed E-state index contributed by atoms with van der Waals surface area (Å²) < 4.78 is 0. The second kappa shape index (κ2) is 8.69. The first-order valence-electron chi connectivity index (χ1n) is 11.3. The first-order valence-corrected chi connectivity index (χ1v) is 13.0. The van der Waals surface area contributed by atoms with Crippen molar-refractivity contribution < 1.29 is 0 Å². The average molecular weight is 449 g/mol. The minimum atomic E-state index is 1.25. The zero-order valence-corrected chi connectivity index (χ0v) is 19.5. The van der Waals surface area contributed by atoms with Gasteiger partial charge in [0.2, 0.25) is 0 Å². The summed E-state index contributed by atoms with van der Waals surface area (Å²) in [5, 5.41) is 5.64. The molecule has 0 fully saturated rings. The highest BCUT2D eigenvalue weighted by molar-refractivity contribution is 8.05. The molecule has 0 bridgehead atoms. The van der Waals surface area contributed by atoms with Crippen LogP contribution in [0.3, 0.4) is 0 Å². The Balaban J connectivity index is 0.000000126. The molecule has 5 aromatic carbocycles. The van der Waals surface area contributed by atoms with Gasteiger partial charge < -0.3 is 0 Å². The van der Waals surface area contributed by atoms with E-state index in [1.807, 2.05) is 23.5 Å². The second-order valence-electron chi connectivity index (χ2n) is 8.39. The normalized spacial score (nSPS) is 14.1. The molecule has 0 saturated carbocycles. The lowest BCUT2D eigenvalue weighted by Gasteiger charge is -2.18. The van der Waals surface area contributed by atoms with Crippen LogP contribution in [-0.2, 0) is 12.8 Å². The third-order valence-corrected chi connectivity index (χ3v) is 8.96. The monoisotopic (exact) mass is 448 g/mol. The summed E-state index contributed by atoms with van der Waals surface area (Å²) in [4.78, 5) is 5.49. The fourth-order valence-electron chi connectivity index (χ4n) is 4.82. The highest BCUT2D eigenvalue weighted by Crippen LogP contribution is 2.47. The van der Waals surface area contributed by atoms with Crippen molar-refractivity contribution in [2.45, 2.75) is 45.3 Å². The number of hydrogen-bond acceptors (Lipinski definition) is 2. The van der Waals surface area contributed by atoms with Crippen molar-refractivity contribution in [2.24, 2.45) is 0 Å². The van der Waals surface area contributed by atoms with Gasteiger partial charge in [0.1, 0.15) is 0 Å². The second-order valence-corrected chi connectivity index (χ2v) is 10.6. The average Bonchev–Trinajstić information content (AvgIpc) is 2.87. The summed E-state index contributed by atoms with van der Waals surface area (Å²) in [7, 11) is 0. The molecule has 1 heterocycles. The molecule has 2 aliphatic rings. The maximum Gasteiger partial charge on any atom is 0.0262 e. The topological polar surface area (TPSA) is 0 Å². The van der Waals surface area contributed by atoms with Gasteiger partial charge in [-0.1, -0.05) is 96.3 Å². The summed E-state index contributed by atoms with van der Waals surface area (Å²) in [6.45, 7) is 0. The van der Waals surface area contributed by atoms with Crippen LogP contribution >= 0.6 is 23.5 Å². The van der Waals surface area contributed by atoms with Crippen LogP contribution < -0.4 is 0 Å². The fourth-order valence-corrected chi connectivity index (χ4v) is 7.05. The van der Waals surface area contributed by atoms with Crippen LogP contribution in [0.1, 0.15) is 24.0 Å². The first kappa shape index (κ1) is 20.0. The predicted octanol–water partition coefficient (Wildman–Crippen LogP) is 9.17. The van der Waals surface area contributed by atoms with E-state index >= 15 is 0 Å². The lowest BCUT2D eigenvalue weighted by atomic mass is 9.86. The Morgan fingerprint density at radius 1 is 0.438 bits per heavy atom. The van der Waals surface area contributed by atoms with E-state index in [-0.39, 0.29) is 0 Å². The number of benzene rings is 5. The van der Waals surface area contributed by atoms with Gasteiger partial charge in [-0.15, -0.1) is 0 Å². The van der Waals surface area contributed by atoms with Crippen molar-refractivity contribution in [1.29, 1.82) is 0 Å². The third kappa shape index (κ3) is 3.72. The summed E-state index contributed by atoms with van der Waals surface area (Å²) in [6, 6.07) is 35.1. The molecule has 156 valence electrons. The highest BCUT2D eigenvalue weighted by atomic mass is 32.2. The van der Waals surface area contributed by atoms with Gasteiger partial charge in [-0.2, -0.15) is 0 Å². The van der Waals surface area contributed by atoms with Gasteiger partial charge in [-0.05, 0) is 82.6 Å². The smallest absolute Gasteiger partial charge is 0.0262 e. The van der Waals surface area contributed by atoms with Crippen molar-refractivity contribution in [3.05, 3.63) is 108 Å². The van der Waals surface area contributed by atoms with E-state index in [1.54, 1.807) is 11.1 Å². The highest BCUT2D eigenvalue weighted by Gasteiger charge is 2.15. The SMILES string of the molecule is c1ccc2c(c1)Sc1ccccc1S2.c1ccc2c(c1)ccc1c3c(ccc12)CCCC3. The standard InChI is InChI=1S/C18H16.C12H8S2/c1-3-7-15-13(5-1)9-11-18-16-8-4-2-6-14(16)10-12-17(15)18;1-2-6-10-9(5-1)13-11-7-3-4-8-12(11)14-10/h1,3,5,7,9-12H,2,4,6,8H2;1-8H. The molecular formula is C30H24S2. The molecule has 0 nitrogen and oxygen atoms in total. The van der Waals surface area contributed by atoms with E-state index in [4.69, 9.17) is 0 Å². The zero-order chi connectivity index (χ0) is 21.3. The van der Waals surface area contributed by atoms with Gasteiger partial charge in [-0.3, -0.25) is 0 Å². The Morgan fingerprint density at radius 2 is 1.00 bits per heavy atom. The minimum Gasteiger partial charge on any atom is -0.0877 e. The van der Waals surface area contributed by atoms with Crippen molar-refractivity contribution >= 4 is 45.1 Å². The minimum absolute atomic E-state index is 1.25. The van der Waals surface area contributed by atoms with Crippen LogP contribution in [0.5, 0.6) is 0 Å². The van der Waals surface area contributed by atoms with E-state index in [9.17, 15) is 0 Å². The van der Waals surface area contributed by atoms with Gasteiger partial charge in [0.25, 0.3) is 0 Å². The van der Waals surface area contributed by atoms with Crippen LogP contribution in [-0.4, -0.2) is 0 Å². The molecule has 5 aromatic rings. The lowest BCUT2D eigenvalue weighted by Crippen LogP contribution is -2.02. The van der Waals surface area contributed by atoms with Crippen LogP contribution in [0.4, 0.5) is 0 Å². The molecule has 0 saturated heterocycles. The Bertz CT molecular complexity index is 1350. The van der Waals surface area contributed by atoms with Crippen LogP contribution in [0.15, 0.2) is 117 Å². The molecule has 7 rings (SSSR count). The van der Waals surface area contributed by atoms with Crippen LogP contribution in [0.25, 0.3) is 21.5 Å². The van der Waals surface area contributed by atoms with Gasteiger partial charge in [0.15, 0.2) is 0 Å². The van der Waals surface area contributed by atoms with Crippen molar-refractivity contribution in [3.8, 4) is 0 Å². The van der Waals surface area contributed by atoms with E-state index in [0.717, 1.165) is 0 Å². The molecule has 0 radical (unpaired) electrons. The molecule has 0 N–H and O–H groups in total. The third-order valence-electron chi connectivity index (χ3n) is 6.40. The van der Waals surface area contributed by atoms with E-state index < -0.39 is 0 Å². The molecule has 1 aliphatic carbocycles. The molecular weight excluding hydrogens is 424 g/mol. The zero-order valence-electron chi connectivity index (χ0n) is 17.9. The molecule has 2 heteroatoms. The Kier molecular flexibility index (Phi) is 5.42. The maximum absolute atomic E-state index is 2.35. The van der Waals surface area contributed by atoms with Crippen LogP contribution in [0, 0.1) is 0 Å². The fraction of sp³-hybridized carbons (Fsp3) is 0.133. The van der Waals surface area contributed by atoms with Crippen molar-refractivity contribution in [2.75, 3.05) is 0 Å². The Hall–Kier alpha value is -2.68. The predicted molar refractivity (Wildman–Crippen MR) is 139 cm³/mol. The molecule has 0 amide bonds. The quantitative estimate of drug-likeness (QED) is 0.212. The number of rotatable bonds is 0. The van der Waals surface area contributed by atoms with Crippen molar-refractivity contribution in [1.82, 2.24) is 0 Å². The number of aryl methyl sites for hydroxylation is 2. The molecule has 0 atom stereocenters. The van der Waals surface area contributed by atoms with Gasteiger partial charge in [-0.25, -0.2) is 0 Å². The Morgan fingerprint density at radius 3 is 1.69 bits per heavy atom. The molecule has 0 unspecified atom stereocenters. The van der Waals surface area contributed by atoms with Crippen molar-refractivity contribution in [3.63, 3.8) is 0 Å². The molecule has 32 heavy (non-hydrogen) atoms. The van der Waals surface area contributed by atoms with Gasteiger partial charge in [0, 0.05) is 19.6 Å². The lowest BCUT2D eigenvalue weighted by molar-refractivity contribution is 0.690. The number of fused-ring (bicyclic) bond motifs is 7. The number of hydrogen-bond donors (Lipinski definition) is 0. The maximum atomic E-state index is 2.35.